The summed E-state index contributed by atoms with van der Waals surface area (Å²) < 4.78 is 60.7. The predicted octanol–water partition coefficient (Wildman–Crippen LogP) is 4.15. The fraction of sp³-hybridized carbons (Fsp3) is 0.312. The van der Waals surface area contributed by atoms with E-state index in [2.05, 4.69) is 4.98 Å². The Morgan fingerprint density at radius 1 is 1.17 bits per heavy atom. The normalized spacial score (nSPS) is 14.8. The number of benzene rings is 1. The van der Waals surface area contributed by atoms with Crippen molar-refractivity contribution in [3.8, 4) is 11.5 Å². The summed E-state index contributed by atoms with van der Waals surface area (Å²) >= 11 is 0. The Morgan fingerprint density at radius 3 is 2.39 bits per heavy atom. The molecule has 2 aromatic rings. The first-order valence-corrected chi connectivity index (χ1v) is 7.02. The number of aliphatic hydroxyl groups excluding tert-OH is 1. The molecule has 0 aliphatic heterocycles. The van der Waals surface area contributed by atoms with Crippen LogP contribution in [0.15, 0.2) is 30.5 Å². The highest BCUT2D eigenvalue weighted by atomic mass is 19.3. The third kappa shape index (κ3) is 3.14. The molecule has 0 atom stereocenters. The number of aliphatic hydroxyl groups is 1. The van der Waals surface area contributed by atoms with Crippen LogP contribution in [-0.2, 0) is 12.5 Å². The number of rotatable bonds is 5. The standard InChI is InChI=1S/C16H13F4NO2/c17-12-5-9(8-22)6-13(18)15(12)23-11-3-4-21-14(7-11)16(19,20)10-1-2-10/h3-7,10,22H,1-2,8H2. The van der Waals surface area contributed by atoms with Gasteiger partial charge >= 0.3 is 0 Å². The van der Waals surface area contributed by atoms with Crippen LogP contribution in [0.25, 0.3) is 0 Å². The summed E-state index contributed by atoms with van der Waals surface area (Å²) in [6.07, 6.45) is 1.95. The van der Waals surface area contributed by atoms with Crippen LogP contribution < -0.4 is 4.74 Å². The molecule has 0 saturated heterocycles. The van der Waals surface area contributed by atoms with Gasteiger partial charge in [-0.1, -0.05) is 0 Å². The van der Waals surface area contributed by atoms with E-state index in [-0.39, 0.29) is 11.3 Å². The molecule has 7 heteroatoms. The van der Waals surface area contributed by atoms with Gasteiger partial charge < -0.3 is 9.84 Å². The number of ether oxygens (including phenoxy) is 1. The summed E-state index contributed by atoms with van der Waals surface area (Å²) in [4.78, 5) is 3.64. The molecular formula is C16H13F4NO2. The predicted molar refractivity (Wildman–Crippen MR) is 73.2 cm³/mol. The maximum absolute atomic E-state index is 14.0. The first kappa shape index (κ1) is 15.7. The highest BCUT2D eigenvalue weighted by Gasteiger charge is 2.49. The highest BCUT2D eigenvalue weighted by Crippen LogP contribution is 2.49. The Labute approximate surface area is 129 Å². The van der Waals surface area contributed by atoms with Crippen molar-refractivity contribution in [1.82, 2.24) is 4.98 Å². The largest absolute Gasteiger partial charge is 0.451 e. The molecule has 0 amide bonds. The van der Waals surface area contributed by atoms with E-state index in [0.29, 0.717) is 12.8 Å². The molecule has 1 aromatic heterocycles. The second kappa shape index (κ2) is 5.81. The first-order chi connectivity index (χ1) is 10.9. The molecule has 1 fully saturated rings. The Bertz CT molecular complexity index is 709. The van der Waals surface area contributed by atoms with Crippen molar-refractivity contribution in [2.45, 2.75) is 25.4 Å². The molecule has 1 saturated carbocycles. The van der Waals surface area contributed by atoms with E-state index in [0.717, 1.165) is 24.4 Å². The Hall–Kier alpha value is -2.15. The van der Waals surface area contributed by atoms with Crippen LogP contribution in [-0.4, -0.2) is 10.1 Å². The second-order valence-electron chi connectivity index (χ2n) is 5.42. The van der Waals surface area contributed by atoms with Gasteiger partial charge in [-0.15, -0.1) is 0 Å². The average molecular weight is 327 g/mol. The van der Waals surface area contributed by atoms with E-state index in [4.69, 9.17) is 9.84 Å². The number of hydrogen-bond donors (Lipinski definition) is 1. The molecular weight excluding hydrogens is 314 g/mol. The first-order valence-electron chi connectivity index (χ1n) is 7.02. The summed E-state index contributed by atoms with van der Waals surface area (Å²) in [5, 5.41) is 8.89. The summed E-state index contributed by atoms with van der Waals surface area (Å²) in [6.45, 7) is -0.527. The molecule has 0 radical (unpaired) electrons. The molecule has 1 heterocycles. The van der Waals surface area contributed by atoms with Crippen molar-refractivity contribution in [1.29, 1.82) is 0 Å². The molecule has 23 heavy (non-hydrogen) atoms. The molecule has 1 N–H and O–H groups in total. The zero-order chi connectivity index (χ0) is 16.6. The van der Waals surface area contributed by atoms with Gasteiger partial charge in [0.05, 0.1) is 6.61 Å². The Morgan fingerprint density at radius 2 is 1.83 bits per heavy atom. The fourth-order valence-corrected chi connectivity index (χ4v) is 2.23. The summed E-state index contributed by atoms with van der Waals surface area (Å²) in [6, 6.07) is 4.06. The van der Waals surface area contributed by atoms with Gasteiger partial charge in [-0.25, -0.2) is 8.78 Å². The van der Waals surface area contributed by atoms with Gasteiger partial charge in [-0.2, -0.15) is 8.78 Å². The molecule has 1 aliphatic rings. The number of hydrogen-bond acceptors (Lipinski definition) is 3. The fourth-order valence-electron chi connectivity index (χ4n) is 2.23. The van der Waals surface area contributed by atoms with E-state index in [1.165, 1.54) is 6.07 Å². The van der Waals surface area contributed by atoms with E-state index in [9.17, 15) is 17.6 Å². The molecule has 0 spiro atoms. The number of aromatic nitrogens is 1. The Kier molecular flexibility index (Phi) is 3.97. The van der Waals surface area contributed by atoms with Gasteiger partial charge in [0.25, 0.3) is 5.92 Å². The van der Waals surface area contributed by atoms with Gasteiger partial charge in [0, 0.05) is 18.2 Å². The lowest BCUT2D eigenvalue weighted by atomic mass is 10.1. The molecule has 1 aromatic carbocycles. The molecule has 1 aliphatic carbocycles. The van der Waals surface area contributed by atoms with Crippen LogP contribution in [0.4, 0.5) is 17.6 Å². The maximum Gasteiger partial charge on any atom is 0.292 e. The lowest BCUT2D eigenvalue weighted by Crippen LogP contribution is -2.17. The zero-order valence-electron chi connectivity index (χ0n) is 11.9. The van der Waals surface area contributed by atoms with Crippen LogP contribution in [0.2, 0.25) is 0 Å². The number of pyridine rings is 1. The monoisotopic (exact) mass is 327 g/mol. The quantitative estimate of drug-likeness (QED) is 0.839. The van der Waals surface area contributed by atoms with E-state index in [1.54, 1.807) is 0 Å². The number of alkyl halides is 2. The molecule has 3 rings (SSSR count). The van der Waals surface area contributed by atoms with Crippen molar-refractivity contribution in [3.63, 3.8) is 0 Å². The van der Waals surface area contributed by atoms with Crippen LogP contribution in [0, 0.1) is 17.6 Å². The smallest absolute Gasteiger partial charge is 0.292 e. The molecule has 0 unspecified atom stereocenters. The van der Waals surface area contributed by atoms with E-state index < -0.39 is 41.5 Å². The van der Waals surface area contributed by atoms with Crippen molar-refractivity contribution < 1.29 is 27.4 Å². The van der Waals surface area contributed by atoms with E-state index in [1.807, 2.05) is 0 Å². The Balaban J connectivity index is 1.89. The van der Waals surface area contributed by atoms with Crippen LogP contribution in [0.1, 0.15) is 24.1 Å². The van der Waals surface area contributed by atoms with Crippen molar-refractivity contribution in [2.75, 3.05) is 0 Å². The third-order valence-electron chi connectivity index (χ3n) is 3.62. The molecule has 122 valence electrons. The van der Waals surface area contributed by atoms with Crippen LogP contribution in [0.3, 0.4) is 0 Å². The van der Waals surface area contributed by atoms with Gasteiger partial charge in [-0.05, 0) is 36.6 Å². The summed E-state index contributed by atoms with van der Waals surface area (Å²) in [7, 11) is 0. The topological polar surface area (TPSA) is 42.4 Å². The SMILES string of the molecule is OCc1cc(F)c(Oc2ccnc(C(F)(F)C3CC3)c2)c(F)c1. The van der Waals surface area contributed by atoms with Crippen LogP contribution in [0.5, 0.6) is 11.5 Å². The van der Waals surface area contributed by atoms with Gasteiger partial charge in [-0.3, -0.25) is 4.98 Å². The summed E-state index contributed by atoms with van der Waals surface area (Å²) in [5.41, 5.74) is -0.437. The van der Waals surface area contributed by atoms with E-state index >= 15 is 0 Å². The minimum Gasteiger partial charge on any atom is -0.451 e. The van der Waals surface area contributed by atoms with Crippen molar-refractivity contribution in [2.24, 2.45) is 5.92 Å². The zero-order valence-corrected chi connectivity index (χ0v) is 11.9. The highest BCUT2D eigenvalue weighted by molar-refractivity contribution is 5.36. The minimum atomic E-state index is -3.09. The number of nitrogens with zero attached hydrogens (tertiary/aromatic N) is 1. The lowest BCUT2D eigenvalue weighted by Gasteiger charge is -2.16. The van der Waals surface area contributed by atoms with Crippen molar-refractivity contribution in [3.05, 3.63) is 53.4 Å². The van der Waals surface area contributed by atoms with Gasteiger partial charge in [0.1, 0.15) is 11.4 Å². The summed E-state index contributed by atoms with van der Waals surface area (Å²) in [5.74, 6) is -6.73. The minimum absolute atomic E-state index is 0.0445. The third-order valence-corrected chi connectivity index (χ3v) is 3.62. The van der Waals surface area contributed by atoms with Crippen LogP contribution >= 0.6 is 0 Å². The molecule has 0 bridgehead atoms. The molecule has 3 nitrogen and oxygen atoms in total. The lowest BCUT2D eigenvalue weighted by molar-refractivity contribution is -0.0330. The van der Waals surface area contributed by atoms with Gasteiger partial charge in [0.2, 0.25) is 0 Å². The average Bonchev–Trinajstić information content (AvgIpc) is 3.36. The van der Waals surface area contributed by atoms with Crippen molar-refractivity contribution >= 4 is 0 Å². The van der Waals surface area contributed by atoms with Gasteiger partial charge in [0.15, 0.2) is 17.4 Å². The number of halogens is 4. The maximum atomic E-state index is 14.0. The second-order valence-corrected chi connectivity index (χ2v) is 5.42.